The topological polar surface area (TPSA) is 66.4 Å². The van der Waals surface area contributed by atoms with E-state index in [0.29, 0.717) is 16.3 Å². The second-order valence-corrected chi connectivity index (χ2v) is 7.81. The fraction of sp³-hybridized carbons (Fsp3) is 0.143. The lowest BCUT2D eigenvalue weighted by atomic mass is 10.1. The molecule has 0 saturated heterocycles. The van der Waals surface area contributed by atoms with Crippen LogP contribution in [0.25, 0.3) is 0 Å². The zero-order chi connectivity index (χ0) is 15.6. The number of benzene rings is 2. The number of hydrogen-bond acceptors (Lipinski definition) is 3. The largest absolute Gasteiger partial charge is 0.392 e. The second-order valence-electron chi connectivity index (χ2n) is 4.48. The van der Waals surface area contributed by atoms with Gasteiger partial charge in [-0.15, -0.1) is 0 Å². The van der Waals surface area contributed by atoms with Crippen LogP contribution < -0.4 is 4.72 Å². The molecule has 0 bridgehead atoms. The Hall–Kier alpha value is -0.830. The second kappa shape index (κ2) is 6.51. The maximum Gasteiger partial charge on any atom is 0.261 e. The minimum atomic E-state index is -3.75. The van der Waals surface area contributed by atoms with E-state index in [1.54, 1.807) is 24.3 Å². The molecule has 0 amide bonds. The van der Waals surface area contributed by atoms with Crippen molar-refractivity contribution < 1.29 is 13.5 Å². The molecule has 0 radical (unpaired) electrons. The Labute approximate surface area is 142 Å². The summed E-state index contributed by atoms with van der Waals surface area (Å²) in [5.74, 6) is 0. The first kappa shape index (κ1) is 16.5. The molecule has 21 heavy (non-hydrogen) atoms. The Morgan fingerprint density at radius 1 is 1.24 bits per heavy atom. The number of aliphatic hydroxyl groups excluding tert-OH is 1. The van der Waals surface area contributed by atoms with E-state index in [1.165, 1.54) is 12.1 Å². The number of aryl methyl sites for hydroxylation is 1. The van der Waals surface area contributed by atoms with E-state index < -0.39 is 10.0 Å². The maximum absolute atomic E-state index is 12.4. The first-order valence-corrected chi connectivity index (χ1v) is 8.96. The molecule has 0 spiro atoms. The zero-order valence-electron chi connectivity index (χ0n) is 11.1. The third-order valence-corrected chi connectivity index (χ3v) is 5.32. The molecule has 7 heteroatoms. The highest BCUT2D eigenvalue weighted by molar-refractivity contribution is 14.1. The summed E-state index contributed by atoms with van der Waals surface area (Å²) in [7, 11) is -3.75. The lowest BCUT2D eigenvalue weighted by Crippen LogP contribution is -2.14. The van der Waals surface area contributed by atoms with Crippen LogP contribution in [0.1, 0.15) is 11.1 Å². The van der Waals surface area contributed by atoms with Crippen LogP contribution in [0, 0.1) is 10.5 Å². The van der Waals surface area contributed by atoms with E-state index in [-0.39, 0.29) is 11.5 Å². The number of halogens is 2. The highest BCUT2D eigenvalue weighted by atomic mass is 127. The van der Waals surface area contributed by atoms with Gasteiger partial charge in [0.05, 0.1) is 22.2 Å². The molecule has 2 aromatic carbocycles. The van der Waals surface area contributed by atoms with E-state index in [4.69, 9.17) is 11.6 Å². The molecule has 0 heterocycles. The maximum atomic E-state index is 12.4. The Bertz CT molecular complexity index is 778. The van der Waals surface area contributed by atoms with Gasteiger partial charge in [-0.1, -0.05) is 17.7 Å². The zero-order valence-corrected chi connectivity index (χ0v) is 14.8. The van der Waals surface area contributed by atoms with Gasteiger partial charge in [-0.05, 0) is 71.0 Å². The van der Waals surface area contributed by atoms with Crippen LogP contribution in [0.2, 0.25) is 5.02 Å². The van der Waals surface area contributed by atoms with Crippen LogP contribution in [-0.2, 0) is 16.6 Å². The third kappa shape index (κ3) is 3.88. The van der Waals surface area contributed by atoms with Crippen molar-refractivity contribution in [3.8, 4) is 0 Å². The molecule has 0 aliphatic rings. The van der Waals surface area contributed by atoms with Crippen molar-refractivity contribution in [1.29, 1.82) is 0 Å². The van der Waals surface area contributed by atoms with Crippen LogP contribution >= 0.6 is 34.2 Å². The minimum absolute atomic E-state index is 0.0896. The van der Waals surface area contributed by atoms with E-state index in [1.807, 2.05) is 6.92 Å². The highest BCUT2D eigenvalue weighted by Gasteiger charge is 2.17. The summed E-state index contributed by atoms with van der Waals surface area (Å²) in [4.78, 5) is 0.0896. The Morgan fingerprint density at radius 3 is 2.57 bits per heavy atom. The summed E-state index contributed by atoms with van der Waals surface area (Å²) in [6.07, 6.45) is 0. The van der Waals surface area contributed by atoms with E-state index in [2.05, 4.69) is 27.3 Å². The van der Waals surface area contributed by atoms with Gasteiger partial charge >= 0.3 is 0 Å². The first-order valence-electron chi connectivity index (χ1n) is 6.02. The van der Waals surface area contributed by atoms with Gasteiger partial charge in [-0.25, -0.2) is 8.42 Å². The quantitative estimate of drug-likeness (QED) is 0.719. The van der Waals surface area contributed by atoms with Crippen LogP contribution in [0.15, 0.2) is 41.3 Å². The molecule has 0 aliphatic heterocycles. The van der Waals surface area contributed by atoms with Gasteiger partial charge < -0.3 is 5.11 Å². The molecule has 0 unspecified atom stereocenters. The number of anilines is 1. The fourth-order valence-corrected chi connectivity index (χ4v) is 3.85. The third-order valence-electron chi connectivity index (χ3n) is 2.98. The average molecular weight is 438 g/mol. The summed E-state index contributed by atoms with van der Waals surface area (Å²) in [5, 5.41) is 9.57. The van der Waals surface area contributed by atoms with Crippen LogP contribution in [0.5, 0.6) is 0 Å². The molecule has 0 aromatic heterocycles. The molecule has 0 aliphatic carbocycles. The predicted molar refractivity (Wildman–Crippen MR) is 92.1 cm³/mol. The number of sulfonamides is 1. The van der Waals surface area contributed by atoms with Gasteiger partial charge in [-0.2, -0.15) is 0 Å². The van der Waals surface area contributed by atoms with E-state index in [0.717, 1.165) is 9.13 Å². The molecule has 2 aromatic rings. The Morgan fingerprint density at radius 2 is 1.95 bits per heavy atom. The van der Waals surface area contributed by atoms with Gasteiger partial charge in [0.1, 0.15) is 0 Å². The van der Waals surface area contributed by atoms with Gasteiger partial charge in [0.15, 0.2) is 0 Å². The van der Waals surface area contributed by atoms with Gasteiger partial charge in [0.2, 0.25) is 0 Å². The van der Waals surface area contributed by atoms with E-state index >= 15 is 0 Å². The summed E-state index contributed by atoms with van der Waals surface area (Å²) in [6.45, 7) is 1.60. The normalized spacial score (nSPS) is 11.4. The lowest BCUT2D eigenvalue weighted by Gasteiger charge is -2.11. The standard InChI is InChI=1S/C14H13ClINO3S/c1-9-2-4-12(6-10(9)8-18)21(19,20)17-14-5-3-11(16)7-13(14)15/h2-7,17-18H,8H2,1H3. The fourth-order valence-electron chi connectivity index (χ4n) is 1.76. The Balaban J connectivity index is 2.38. The van der Waals surface area contributed by atoms with Gasteiger partial charge in [0.25, 0.3) is 10.0 Å². The molecule has 2 rings (SSSR count). The van der Waals surface area contributed by atoms with Crippen molar-refractivity contribution in [3.05, 3.63) is 56.1 Å². The minimum Gasteiger partial charge on any atom is -0.392 e. The van der Waals surface area contributed by atoms with Crippen LogP contribution in [-0.4, -0.2) is 13.5 Å². The van der Waals surface area contributed by atoms with Crippen molar-refractivity contribution in [2.24, 2.45) is 0 Å². The van der Waals surface area contributed by atoms with Crippen LogP contribution in [0.4, 0.5) is 5.69 Å². The number of nitrogens with one attached hydrogen (secondary N) is 1. The molecule has 2 N–H and O–H groups in total. The van der Waals surface area contributed by atoms with Crippen molar-refractivity contribution in [3.63, 3.8) is 0 Å². The summed E-state index contributed by atoms with van der Waals surface area (Å²) < 4.78 is 28.1. The molecule has 4 nitrogen and oxygen atoms in total. The SMILES string of the molecule is Cc1ccc(S(=O)(=O)Nc2ccc(I)cc2Cl)cc1CO. The molecule has 0 atom stereocenters. The molecular weight excluding hydrogens is 425 g/mol. The monoisotopic (exact) mass is 437 g/mol. The number of hydrogen-bond donors (Lipinski definition) is 2. The molecular formula is C14H13ClINO3S. The molecule has 0 fully saturated rings. The van der Waals surface area contributed by atoms with Crippen molar-refractivity contribution >= 4 is 49.9 Å². The van der Waals surface area contributed by atoms with Crippen molar-refractivity contribution in [2.45, 2.75) is 18.4 Å². The summed E-state index contributed by atoms with van der Waals surface area (Å²) >= 11 is 8.13. The molecule has 112 valence electrons. The van der Waals surface area contributed by atoms with Crippen LogP contribution in [0.3, 0.4) is 0 Å². The van der Waals surface area contributed by atoms with E-state index in [9.17, 15) is 13.5 Å². The lowest BCUT2D eigenvalue weighted by molar-refractivity contribution is 0.281. The number of rotatable bonds is 4. The van der Waals surface area contributed by atoms with Crippen molar-refractivity contribution in [1.82, 2.24) is 0 Å². The number of aliphatic hydroxyl groups is 1. The Kier molecular flexibility index (Phi) is 5.13. The first-order chi connectivity index (χ1) is 9.83. The highest BCUT2D eigenvalue weighted by Crippen LogP contribution is 2.27. The predicted octanol–water partition coefficient (Wildman–Crippen LogP) is 3.55. The average Bonchev–Trinajstić information content (AvgIpc) is 2.42. The smallest absolute Gasteiger partial charge is 0.261 e. The summed E-state index contributed by atoms with van der Waals surface area (Å²) in [5.41, 5.74) is 1.73. The summed E-state index contributed by atoms with van der Waals surface area (Å²) in [6, 6.07) is 9.67. The van der Waals surface area contributed by atoms with Crippen molar-refractivity contribution in [2.75, 3.05) is 4.72 Å². The molecule has 0 saturated carbocycles. The van der Waals surface area contributed by atoms with Gasteiger partial charge in [0, 0.05) is 3.57 Å². The van der Waals surface area contributed by atoms with Gasteiger partial charge in [-0.3, -0.25) is 4.72 Å².